The molecule has 5 saturated carbocycles. The van der Waals surface area contributed by atoms with Gasteiger partial charge in [-0.1, -0.05) is 12.1 Å². The maximum atomic E-state index is 10.7. The number of aliphatic carboxylic acids is 1. The minimum Gasteiger partial charge on any atom is -0.482 e. The first-order chi connectivity index (χ1) is 15.0. The molecule has 4 bridgehead atoms. The quantitative estimate of drug-likeness (QED) is 0.706. The van der Waals surface area contributed by atoms with Crippen molar-refractivity contribution in [3.05, 3.63) is 29.8 Å². The predicted octanol–water partition coefficient (Wildman–Crippen LogP) is 3.57. The number of benzene rings is 1. The maximum Gasteiger partial charge on any atom is 0.341 e. The second-order valence-electron chi connectivity index (χ2n) is 10.4. The van der Waals surface area contributed by atoms with Crippen LogP contribution in [0.1, 0.15) is 62.8 Å². The molecule has 0 aromatic heterocycles. The number of hydrogen-bond donors (Lipinski definition) is 2. The van der Waals surface area contributed by atoms with Crippen LogP contribution in [0.5, 0.6) is 5.75 Å². The van der Waals surface area contributed by atoms with E-state index in [1.165, 1.54) is 5.56 Å². The van der Waals surface area contributed by atoms with Gasteiger partial charge in [0.15, 0.2) is 6.61 Å². The molecule has 1 saturated heterocycles. The van der Waals surface area contributed by atoms with Crippen LogP contribution in [-0.4, -0.2) is 35.3 Å². The van der Waals surface area contributed by atoms with Gasteiger partial charge in [0.05, 0.1) is 0 Å². The van der Waals surface area contributed by atoms with E-state index in [1.54, 1.807) is 0 Å². The van der Waals surface area contributed by atoms with E-state index in [-0.39, 0.29) is 6.61 Å². The summed E-state index contributed by atoms with van der Waals surface area (Å²) < 4.78 is 12.0. The second kappa shape index (κ2) is 7.17. The van der Waals surface area contributed by atoms with Gasteiger partial charge in [-0.2, -0.15) is 9.78 Å². The molecule has 6 aliphatic rings. The van der Waals surface area contributed by atoms with Crippen LogP contribution in [-0.2, 0) is 19.3 Å². The molecular formula is C24H31NO6. The summed E-state index contributed by atoms with van der Waals surface area (Å²) in [7, 11) is 0. The van der Waals surface area contributed by atoms with Crippen LogP contribution in [0.4, 0.5) is 0 Å². The first-order valence-electron chi connectivity index (χ1n) is 11.7. The van der Waals surface area contributed by atoms with Crippen molar-refractivity contribution < 1.29 is 29.1 Å². The van der Waals surface area contributed by atoms with E-state index in [4.69, 9.17) is 30.1 Å². The largest absolute Gasteiger partial charge is 0.482 e. The van der Waals surface area contributed by atoms with Crippen LogP contribution in [0.2, 0.25) is 0 Å². The van der Waals surface area contributed by atoms with Gasteiger partial charge in [-0.25, -0.2) is 4.79 Å². The molecule has 6 fully saturated rings. The Balaban J connectivity index is 1.10. The summed E-state index contributed by atoms with van der Waals surface area (Å²) in [6.07, 6.45) is 8.00. The average Bonchev–Trinajstić information content (AvgIpc) is 3.12. The molecule has 1 aromatic rings. The van der Waals surface area contributed by atoms with Gasteiger partial charge in [-0.15, -0.1) is 0 Å². The Morgan fingerprint density at radius 2 is 1.65 bits per heavy atom. The van der Waals surface area contributed by atoms with Crippen molar-refractivity contribution in [1.29, 1.82) is 0 Å². The predicted molar refractivity (Wildman–Crippen MR) is 110 cm³/mol. The Morgan fingerprint density at radius 3 is 2.23 bits per heavy atom. The zero-order valence-corrected chi connectivity index (χ0v) is 17.7. The molecule has 0 atom stereocenters. The Kier molecular flexibility index (Phi) is 4.62. The molecule has 7 heteroatoms. The molecule has 1 aromatic carbocycles. The summed E-state index contributed by atoms with van der Waals surface area (Å²) in [5.74, 6) is 0.930. The van der Waals surface area contributed by atoms with Crippen molar-refractivity contribution in [2.45, 2.75) is 74.9 Å². The van der Waals surface area contributed by atoms with Gasteiger partial charge in [0.25, 0.3) is 0 Å². The van der Waals surface area contributed by atoms with Gasteiger partial charge in [-0.05, 0) is 74.0 Å². The Hall–Kier alpha value is -1.67. The fourth-order valence-corrected chi connectivity index (χ4v) is 7.18. The Labute approximate surface area is 182 Å². The van der Waals surface area contributed by atoms with E-state index < -0.39 is 17.5 Å². The average molecular weight is 430 g/mol. The highest BCUT2D eigenvalue weighted by Gasteiger charge is 2.68. The summed E-state index contributed by atoms with van der Waals surface area (Å²) >= 11 is 0. The third-order valence-electron chi connectivity index (χ3n) is 8.71. The van der Waals surface area contributed by atoms with Crippen LogP contribution < -0.4 is 10.5 Å². The second-order valence-corrected chi connectivity index (χ2v) is 10.4. The highest BCUT2D eigenvalue weighted by atomic mass is 17.3. The van der Waals surface area contributed by atoms with Gasteiger partial charge >= 0.3 is 5.97 Å². The molecule has 7 nitrogen and oxygen atoms in total. The lowest BCUT2D eigenvalue weighted by molar-refractivity contribution is -0.390. The zero-order chi connectivity index (χ0) is 21.2. The van der Waals surface area contributed by atoms with E-state index in [0.29, 0.717) is 41.4 Å². The fraction of sp³-hybridized carbons (Fsp3) is 0.708. The molecule has 0 unspecified atom stereocenters. The van der Waals surface area contributed by atoms with Gasteiger partial charge in [0.2, 0.25) is 11.6 Å². The van der Waals surface area contributed by atoms with E-state index >= 15 is 0 Å². The third kappa shape index (κ3) is 3.20. The lowest BCUT2D eigenvalue weighted by Gasteiger charge is -2.59. The number of hydrogen-bond acceptors (Lipinski definition) is 6. The van der Waals surface area contributed by atoms with Gasteiger partial charge in [0.1, 0.15) is 5.75 Å². The highest BCUT2D eigenvalue weighted by Crippen LogP contribution is 2.63. The smallest absolute Gasteiger partial charge is 0.341 e. The van der Waals surface area contributed by atoms with Crippen molar-refractivity contribution >= 4 is 5.97 Å². The minimum atomic E-state index is -0.972. The Bertz CT molecular complexity index is 816. The molecule has 2 spiro atoms. The lowest BCUT2D eigenvalue weighted by atomic mass is 9.51. The van der Waals surface area contributed by atoms with Crippen molar-refractivity contribution in [3.8, 4) is 5.75 Å². The number of carbonyl (C=O) groups is 1. The number of carboxylic acid groups (broad SMARTS) is 1. The van der Waals surface area contributed by atoms with E-state index in [9.17, 15) is 4.79 Å². The first-order valence-corrected chi connectivity index (χ1v) is 11.7. The van der Waals surface area contributed by atoms with Gasteiger partial charge in [-0.3, -0.25) is 0 Å². The van der Waals surface area contributed by atoms with Crippen LogP contribution >= 0.6 is 0 Å². The highest BCUT2D eigenvalue weighted by molar-refractivity contribution is 5.68. The van der Waals surface area contributed by atoms with Crippen molar-refractivity contribution in [2.24, 2.45) is 29.4 Å². The number of carboxylic acids is 1. The standard InChI is InChI=1S/C24H31NO6/c25-22-16-9-18-11-17(22)12-19(10-16)24(18)29-23(30-31-24)7-5-15(6-8-23)14-1-3-20(4-2-14)28-13-21(26)27/h1-4,15-19,22H,5-13,25H2,(H,26,27). The summed E-state index contributed by atoms with van der Waals surface area (Å²) in [5, 5.41) is 8.74. The molecule has 31 heavy (non-hydrogen) atoms. The normalized spacial score (nSPS) is 45.5. The molecule has 0 radical (unpaired) electrons. The molecule has 168 valence electrons. The topological polar surface area (TPSA) is 100 Å². The zero-order valence-electron chi connectivity index (χ0n) is 17.7. The van der Waals surface area contributed by atoms with Gasteiger partial charge in [0, 0.05) is 30.7 Å². The molecular weight excluding hydrogens is 398 g/mol. The molecule has 1 heterocycles. The molecule has 0 amide bonds. The summed E-state index contributed by atoms with van der Waals surface area (Å²) in [6, 6.07) is 8.13. The van der Waals surface area contributed by atoms with Crippen molar-refractivity contribution in [2.75, 3.05) is 6.61 Å². The van der Waals surface area contributed by atoms with Gasteiger partial charge < -0.3 is 20.3 Å². The molecule has 5 aliphatic carbocycles. The minimum absolute atomic E-state index is 0.322. The van der Waals surface area contributed by atoms with Crippen molar-refractivity contribution in [1.82, 2.24) is 0 Å². The lowest BCUT2D eigenvalue weighted by Crippen LogP contribution is -2.64. The number of nitrogens with two attached hydrogens (primary N) is 1. The summed E-state index contributed by atoms with van der Waals surface area (Å²) in [6.45, 7) is -0.322. The number of ether oxygens (including phenoxy) is 2. The summed E-state index contributed by atoms with van der Waals surface area (Å²) in [5.41, 5.74) is 7.70. The molecule has 7 rings (SSSR count). The molecule has 3 N–H and O–H groups in total. The fourth-order valence-electron chi connectivity index (χ4n) is 7.18. The first kappa shape index (κ1) is 20.0. The molecule has 1 aliphatic heterocycles. The number of rotatable bonds is 4. The van der Waals surface area contributed by atoms with Crippen LogP contribution in [0, 0.1) is 23.7 Å². The van der Waals surface area contributed by atoms with Crippen molar-refractivity contribution in [3.63, 3.8) is 0 Å². The SMILES string of the molecule is NC1C2CC3CC1CC(C2)C31OOC2(CCC(c3ccc(OCC(=O)O)cc3)CC2)O1. The maximum absolute atomic E-state index is 10.7. The van der Waals surface area contributed by atoms with Crippen LogP contribution in [0.25, 0.3) is 0 Å². The van der Waals surface area contributed by atoms with Crippen LogP contribution in [0.3, 0.4) is 0 Å². The van der Waals surface area contributed by atoms with E-state index in [1.807, 2.05) is 24.3 Å². The monoisotopic (exact) mass is 429 g/mol. The van der Waals surface area contributed by atoms with E-state index in [0.717, 1.165) is 51.4 Å². The van der Waals surface area contributed by atoms with E-state index in [2.05, 4.69) is 0 Å². The van der Waals surface area contributed by atoms with Crippen LogP contribution in [0.15, 0.2) is 24.3 Å². The third-order valence-corrected chi connectivity index (χ3v) is 8.71. The summed E-state index contributed by atoms with van der Waals surface area (Å²) in [4.78, 5) is 22.8. The Morgan fingerprint density at radius 1 is 1.03 bits per heavy atom.